The molecule has 0 N–H and O–H groups in total. The molecule has 2 aromatic rings. The summed E-state index contributed by atoms with van der Waals surface area (Å²) in [5.74, 6) is 2.82. The largest absolute Gasteiger partial charge is 0.303 e. The molecule has 0 spiro atoms. The van der Waals surface area contributed by atoms with Crippen LogP contribution in [0, 0.1) is 6.92 Å². The van der Waals surface area contributed by atoms with Crippen molar-refractivity contribution in [3.63, 3.8) is 0 Å². The highest BCUT2D eigenvalue weighted by atomic mass is 32.2. The Bertz CT molecular complexity index is 596. The molecular weight excluding hydrogens is 276 g/mol. The van der Waals surface area contributed by atoms with Gasteiger partial charge in [-0.15, -0.1) is 21.5 Å². The van der Waals surface area contributed by atoms with Gasteiger partial charge in [0.05, 0.1) is 10.7 Å². The Morgan fingerprint density at radius 3 is 2.79 bits per heavy atom. The van der Waals surface area contributed by atoms with Crippen molar-refractivity contribution in [1.29, 1.82) is 0 Å². The summed E-state index contributed by atoms with van der Waals surface area (Å²) < 4.78 is 2.40. The predicted molar refractivity (Wildman–Crippen MR) is 76.7 cm³/mol. The van der Waals surface area contributed by atoms with Crippen LogP contribution in [0.15, 0.2) is 10.5 Å². The van der Waals surface area contributed by atoms with Gasteiger partial charge in [0, 0.05) is 23.1 Å². The number of thioether (sulfide) groups is 1. The molecule has 100 valence electrons. The summed E-state index contributed by atoms with van der Waals surface area (Å²) in [5.41, 5.74) is 1.16. The first-order valence-corrected chi connectivity index (χ1v) is 8.66. The van der Waals surface area contributed by atoms with E-state index in [4.69, 9.17) is 0 Å². The molecule has 2 heterocycles. The molecule has 0 atom stereocenters. The zero-order chi connectivity index (χ0) is 12.8. The zero-order valence-corrected chi connectivity index (χ0v) is 12.5. The van der Waals surface area contributed by atoms with Crippen LogP contribution >= 0.6 is 23.1 Å². The van der Waals surface area contributed by atoms with Gasteiger partial charge in [0.25, 0.3) is 0 Å². The molecule has 2 saturated carbocycles. The van der Waals surface area contributed by atoms with Gasteiger partial charge in [-0.25, -0.2) is 4.98 Å². The van der Waals surface area contributed by atoms with Crippen molar-refractivity contribution in [2.75, 3.05) is 0 Å². The molecule has 0 bridgehead atoms. The van der Waals surface area contributed by atoms with Gasteiger partial charge in [0.15, 0.2) is 5.16 Å². The summed E-state index contributed by atoms with van der Waals surface area (Å²) in [4.78, 5) is 4.51. The van der Waals surface area contributed by atoms with Gasteiger partial charge in [0.2, 0.25) is 0 Å². The Morgan fingerprint density at radius 1 is 1.32 bits per heavy atom. The van der Waals surface area contributed by atoms with Crippen LogP contribution < -0.4 is 0 Å². The van der Waals surface area contributed by atoms with Gasteiger partial charge in [-0.05, 0) is 32.6 Å². The summed E-state index contributed by atoms with van der Waals surface area (Å²) in [6, 6.07) is 0.672. The van der Waals surface area contributed by atoms with E-state index in [9.17, 15) is 0 Å². The van der Waals surface area contributed by atoms with Crippen molar-refractivity contribution >= 4 is 23.1 Å². The number of rotatable bonds is 5. The average molecular weight is 292 g/mol. The molecule has 4 rings (SSSR count). The molecular formula is C13H16N4S2. The lowest BCUT2D eigenvalue weighted by Crippen LogP contribution is -2.01. The number of hydrogen-bond donors (Lipinski definition) is 0. The third-order valence-corrected chi connectivity index (χ3v) is 5.36. The minimum absolute atomic E-state index is 0.672. The lowest BCUT2D eigenvalue weighted by atomic mass is 10.4. The van der Waals surface area contributed by atoms with Crippen molar-refractivity contribution in [3.05, 3.63) is 21.9 Å². The van der Waals surface area contributed by atoms with Crippen molar-refractivity contribution < 1.29 is 0 Å². The second kappa shape index (κ2) is 4.59. The Hall–Kier alpha value is -0.880. The molecule has 0 saturated heterocycles. The molecule has 6 heteroatoms. The third kappa shape index (κ3) is 2.43. The smallest absolute Gasteiger partial charge is 0.191 e. The lowest BCUT2D eigenvalue weighted by Gasteiger charge is -2.07. The second-order valence-corrected chi connectivity index (χ2v) is 7.37. The van der Waals surface area contributed by atoms with Crippen LogP contribution in [-0.4, -0.2) is 19.7 Å². The molecule has 4 nitrogen and oxygen atoms in total. The highest BCUT2D eigenvalue weighted by molar-refractivity contribution is 7.98. The molecule has 0 amide bonds. The molecule has 0 unspecified atom stereocenters. The van der Waals surface area contributed by atoms with E-state index >= 15 is 0 Å². The zero-order valence-electron chi connectivity index (χ0n) is 10.9. The quantitative estimate of drug-likeness (QED) is 0.791. The maximum Gasteiger partial charge on any atom is 0.191 e. The first-order chi connectivity index (χ1) is 9.31. The Balaban J connectivity index is 1.53. The van der Waals surface area contributed by atoms with Crippen LogP contribution in [-0.2, 0) is 5.75 Å². The summed E-state index contributed by atoms with van der Waals surface area (Å²) in [6.07, 6.45) is 5.17. The normalized spacial score (nSPS) is 19.0. The Morgan fingerprint density at radius 2 is 2.16 bits per heavy atom. The topological polar surface area (TPSA) is 43.6 Å². The van der Waals surface area contributed by atoms with Crippen LogP contribution in [0.25, 0.3) is 0 Å². The predicted octanol–water partition coefficient (Wildman–Crippen LogP) is 3.55. The van der Waals surface area contributed by atoms with E-state index in [1.807, 2.05) is 0 Å². The molecule has 0 aromatic carbocycles. The Kier molecular flexibility index (Phi) is 2.88. The van der Waals surface area contributed by atoms with Crippen molar-refractivity contribution in [3.8, 4) is 0 Å². The van der Waals surface area contributed by atoms with Crippen LogP contribution in [0.1, 0.15) is 54.2 Å². The highest BCUT2D eigenvalue weighted by Gasteiger charge is 2.36. The summed E-state index contributed by atoms with van der Waals surface area (Å²) >= 11 is 3.50. The fourth-order valence-corrected chi connectivity index (χ4v) is 3.92. The van der Waals surface area contributed by atoms with E-state index in [-0.39, 0.29) is 0 Å². The first-order valence-electron chi connectivity index (χ1n) is 6.80. The Labute approximate surface area is 120 Å². The average Bonchev–Trinajstić information content (AvgIpc) is 3.33. The van der Waals surface area contributed by atoms with Gasteiger partial charge in [-0.2, -0.15) is 0 Å². The molecule has 2 aliphatic carbocycles. The second-order valence-electron chi connectivity index (χ2n) is 5.36. The van der Waals surface area contributed by atoms with E-state index in [1.54, 1.807) is 23.1 Å². The SMILES string of the molecule is Cc1nc(CSc2nnc(C3CC3)n2C2CC2)cs1. The molecule has 2 aliphatic rings. The number of hydrogen-bond acceptors (Lipinski definition) is 5. The third-order valence-electron chi connectivity index (χ3n) is 3.56. The molecule has 0 aliphatic heterocycles. The van der Waals surface area contributed by atoms with Crippen LogP contribution in [0.4, 0.5) is 0 Å². The van der Waals surface area contributed by atoms with Crippen molar-refractivity contribution in [1.82, 2.24) is 19.7 Å². The lowest BCUT2D eigenvalue weighted by molar-refractivity contribution is 0.627. The minimum Gasteiger partial charge on any atom is -0.303 e. The van der Waals surface area contributed by atoms with Crippen molar-refractivity contribution in [2.24, 2.45) is 0 Å². The van der Waals surface area contributed by atoms with E-state index in [0.717, 1.165) is 21.6 Å². The maximum atomic E-state index is 4.51. The maximum absolute atomic E-state index is 4.51. The van der Waals surface area contributed by atoms with E-state index in [0.29, 0.717) is 12.0 Å². The summed E-state index contributed by atoms with van der Waals surface area (Å²) in [6.45, 7) is 2.05. The molecule has 0 radical (unpaired) electrons. The summed E-state index contributed by atoms with van der Waals surface area (Å²) in [7, 11) is 0. The van der Waals surface area contributed by atoms with Crippen LogP contribution in [0.2, 0.25) is 0 Å². The number of aryl methyl sites for hydroxylation is 1. The van der Waals surface area contributed by atoms with Crippen LogP contribution in [0.3, 0.4) is 0 Å². The van der Waals surface area contributed by atoms with Gasteiger partial charge in [-0.3, -0.25) is 0 Å². The number of thiazole rings is 1. The molecule has 2 aromatic heterocycles. The van der Waals surface area contributed by atoms with E-state index in [2.05, 4.69) is 32.1 Å². The van der Waals surface area contributed by atoms with E-state index in [1.165, 1.54) is 31.5 Å². The molecule has 2 fully saturated rings. The fraction of sp³-hybridized carbons (Fsp3) is 0.615. The van der Waals surface area contributed by atoms with E-state index < -0.39 is 0 Å². The van der Waals surface area contributed by atoms with Crippen molar-refractivity contribution in [2.45, 2.75) is 55.5 Å². The van der Waals surface area contributed by atoms with Gasteiger partial charge in [-0.1, -0.05) is 11.8 Å². The number of aromatic nitrogens is 4. The summed E-state index contributed by atoms with van der Waals surface area (Å²) in [5, 5.41) is 13.2. The van der Waals surface area contributed by atoms with Gasteiger partial charge in [0.1, 0.15) is 5.82 Å². The van der Waals surface area contributed by atoms with Gasteiger partial charge >= 0.3 is 0 Å². The number of nitrogens with zero attached hydrogens (tertiary/aromatic N) is 4. The monoisotopic (exact) mass is 292 g/mol. The fourth-order valence-electron chi connectivity index (χ4n) is 2.30. The standard InChI is InChI=1S/C13H16N4S2/c1-8-14-10(6-18-8)7-19-13-16-15-12(9-2-3-9)17(13)11-4-5-11/h6,9,11H,2-5,7H2,1H3. The van der Waals surface area contributed by atoms with Crippen LogP contribution in [0.5, 0.6) is 0 Å². The first kappa shape index (κ1) is 11.9. The highest BCUT2D eigenvalue weighted by Crippen LogP contribution is 2.46. The van der Waals surface area contributed by atoms with Gasteiger partial charge < -0.3 is 4.57 Å². The minimum atomic E-state index is 0.672. The molecule has 19 heavy (non-hydrogen) atoms.